The molecule has 0 saturated heterocycles. The maximum absolute atomic E-state index is 12.4. The van der Waals surface area contributed by atoms with E-state index in [1.54, 1.807) is 18.2 Å². The zero-order valence-corrected chi connectivity index (χ0v) is 17.4. The van der Waals surface area contributed by atoms with Crippen LogP contribution in [-0.2, 0) is 6.54 Å². The Morgan fingerprint density at radius 2 is 1.47 bits per heavy atom. The highest BCUT2D eigenvalue weighted by molar-refractivity contribution is 5.99. The van der Waals surface area contributed by atoms with E-state index in [1.165, 1.54) is 0 Å². The van der Waals surface area contributed by atoms with E-state index in [0.29, 0.717) is 17.8 Å². The van der Waals surface area contributed by atoms with Gasteiger partial charge in [-0.1, -0.05) is 24.3 Å². The molecular formula is C24H26N4O2. The van der Waals surface area contributed by atoms with Gasteiger partial charge in [-0.05, 0) is 66.6 Å². The van der Waals surface area contributed by atoms with Crippen LogP contribution in [0.3, 0.4) is 0 Å². The molecule has 30 heavy (non-hydrogen) atoms. The largest absolute Gasteiger partial charge is 0.378 e. The maximum Gasteiger partial charge on any atom is 0.323 e. The van der Waals surface area contributed by atoms with Gasteiger partial charge < -0.3 is 20.9 Å². The number of benzene rings is 3. The van der Waals surface area contributed by atoms with Crippen LogP contribution in [0.2, 0.25) is 0 Å². The fourth-order valence-electron chi connectivity index (χ4n) is 2.97. The Kier molecular flexibility index (Phi) is 6.70. The number of amides is 3. The predicted molar refractivity (Wildman–Crippen MR) is 122 cm³/mol. The van der Waals surface area contributed by atoms with Crippen molar-refractivity contribution in [1.82, 2.24) is 5.32 Å². The first-order chi connectivity index (χ1) is 14.4. The minimum atomic E-state index is -0.317. The molecule has 6 heteroatoms. The van der Waals surface area contributed by atoms with Gasteiger partial charge in [0.2, 0.25) is 0 Å². The molecular weight excluding hydrogens is 376 g/mol. The first kappa shape index (κ1) is 20.9. The van der Waals surface area contributed by atoms with Gasteiger partial charge in [-0.15, -0.1) is 0 Å². The summed E-state index contributed by atoms with van der Waals surface area (Å²) in [5.41, 5.74) is 4.99. The molecule has 0 aliphatic rings. The zero-order chi connectivity index (χ0) is 21.5. The molecule has 0 atom stereocenters. The highest BCUT2D eigenvalue weighted by Crippen LogP contribution is 2.15. The van der Waals surface area contributed by atoms with Crippen LogP contribution in [0.5, 0.6) is 0 Å². The van der Waals surface area contributed by atoms with Crippen LogP contribution < -0.4 is 20.9 Å². The molecule has 0 aliphatic carbocycles. The van der Waals surface area contributed by atoms with E-state index in [4.69, 9.17) is 0 Å². The Balaban J connectivity index is 1.55. The molecule has 0 heterocycles. The number of hydrogen-bond donors (Lipinski definition) is 3. The fraction of sp³-hybridized carbons (Fsp3) is 0.167. The Hall–Kier alpha value is -3.80. The maximum atomic E-state index is 12.4. The molecule has 0 unspecified atom stereocenters. The molecule has 3 aromatic rings. The summed E-state index contributed by atoms with van der Waals surface area (Å²) in [6.45, 7) is 2.33. The fourth-order valence-corrected chi connectivity index (χ4v) is 2.97. The summed E-state index contributed by atoms with van der Waals surface area (Å²) in [7, 11) is 3.91. The Morgan fingerprint density at radius 1 is 0.833 bits per heavy atom. The lowest BCUT2D eigenvalue weighted by atomic mass is 10.1. The summed E-state index contributed by atoms with van der Waals surface area (Å²) in [6, 6.07) is 22.1. The molecule has 3 aromatic carbocycles. The number of aryl methyl sites for hydroxylation is 1. The third kappa shape index (κ3) is 5.85. The van der Waals surface area contributed by atoms with Crippen molar-refractivity contribution in [3.63, 3.8) is 0 Å². The molecule has 0 bridgehead atoms. The van der Waals surface area contributed by atoms with Crippen molar-refractivity contribution in [2.75, 3.05) is 29.6 Å². The number of anilines is 3. The van der Waals surface area contributed by atoms with Crippen molar-refractivity contribution >= 4 is 29.0 Å². The van der Waals surface area contributed by atoms with Gasteiger partial charge in [0.25, 0.3) is 5.91 Å². The lowest BCUT2D eigenvalue weighted by Gasteiger charge is -2.13. The Morgan fingerprint density at radius 3 is 2.10 bits per heavy atom. The Labute approximate surface area is 176 Å². The minimum absolute atomic E-state index is 0.143. The molecule has 0 fully saturated rings. The number of carbonyl (C=O) groups is 2. The van der Waals surface area contributed by atoms with Crippen LogP contribution in [0.15, 0.2) is 72.8 Å². The highest BCUT2D eigenvalue weighted by Gasteiger charge is 2.07. The number of urea groups is 1. The van der Waals surface area contributed by atoms with E-state index in [9.17, 15) is 9.59 Å². The van der Waals surface area contributed by atoms with Gasteiger partial charge in [0.05, 0.1) is 0 Å². The summed E-state index contributed by atoms with van der Waals surface area (Å²) in [5.74, 6) is -0.143. The summed E-state index contributed by atoms with van der Waals surface area (Å²) in [5, 5.41) is 8.54. The molecule has 0 spiro atoms. The van der Waals surface area contributed by atoms with E-state index in [-0.39, 0.29) is 11.9 Å². The number of nitrogens with zero attached hydrogens (tertiary/aromatic N) is 1. The predicted octanol–water partition coefficient (Wildman–Crippen LogP) is 4.64. The third-order valence-electron chi connectivity index (χ3n) is 4.56. The van der Waals surface area contributed by atoms with Gasteiger partial charge in [0.15, 0.2) is 0 Å². The van der Waals surface area contributed by atoms with Crippen LogP contribution in [-0.4, -0.2) is 26.0 Å². The van der Waals surface area contributed by atoms with Crippen molar-refractivity contribution in [2.45, 2.75) is 13.5 Å². The van der Waals surface area contributed by atoms with Crippen LogP contribution in [0, 0.1) is 6.92 Å². The van der Waals surface area contributed by atoms with Gasteiger partial charge >= 0.3 is 6.03 Å². The molecule has 3 amide bonds. The van der Waals surface area contributed by atoms with Gasteiger partial charge in [-0.3, -0.25) is 4.79 Å². The molecule has 154 valence electrons. The molecule has 0 aliphatic heterocycles. The third-order valence-corrected chi connectivity index (χ3v) is 4.56. The van der Waals surface area contributed by atoms with Gasteiger partial charge in [-0.25, -0.2) is 4.79 Å². The first-order valence-corrected chi connectivity index (χ1v) is 9.70. The minimum Gasteiger partial charge on any atom is -0.378 e. The van der Waals surface area contributed by atoms with E-state index in [1.807, 2.05) is 80.5 Å². The van der Waals surface area contributed by atoms with Crippen LogP contribution in [0.4, 0.5) is 21.9 Å². The monoisotopic (exact) mass is 402 g/mol. The van der Waals surface area contributed by atoms with E-state index < -0.39 is 0 Å². The van der Waals surface area contributed by atoms with Crippen molar-refractivity contribution in [2.24, 2.45) is 0 Å². The second kappa shape index (κ2) is 9.60. The number of hydrogen-bond acceptors (Lipinski definition) is 3. The normalized spacial score (nSPS) is 10.2. The summed E-state index contributed by atoms with van der Waals surface area (Å²) >= 11 is 0. The van der Waals surface area contributed by atoms with Gasteiger partial charge in [0, 0.05) is 43.3 Å². The van der Waals surface area contributed by atoms with Gasteiger partial charge in [0.1, 0.15) is 0 Å². The lowest BCUT2D eigenvalue weighted by molar-refractivity contribution is 0.0951. The zero-order valence-electron chi connectivity index (χ0n) is 17.4. The second-order valence-corrected chi connectivity index (χ2v) is 7.27. The van der Waals surface area contributed by atoms with Crippen molar-refractivity contribution < 1.29 is 9.59 Å². The summed E-state index contributed by atoms with van der Waals surface area (Å²) in [6.07, 6.45) is 0. The molecule has 0 saturated carbocycles. The standard InChI is InChI=1S/C24H26N4O2/c1-17-6-4-8-20(14-17)26-24(30)27-21-9-5-7-18(15-21)16-25-23(29)19-10-12-22(13-11-19)28(2)3/h4-15H,16H2,1-3H3,(H,25,29)(H2,26,27,30). The number of rotatable bonds is 6. The molecule has 0 radical (unpaired) electrons. The first-order valence-electron chi connectivity index (χ1n) is 9.70. The van der Waals surface area contributed by atoms with Gasteiger partial charge in [-0.2, -0.15) is 0 Å². The van der Waals surface area contributed by atoms with Crippen LogP contribution >= 0.6 is 0 Å². The van der Waals surface area contributed by atoms with E-state index >= 15 is 0 Å². The van der Waals surface area contributed by atoms with Crippen molar-refractivity contribution in [3.8, 4) is 0 Å². The second-order valence-electron chi connectivity index (χ2n) is 7.27. The molecule has 6 nitrogen and oxygen atoms in total. The quantitative estimate of drug-likeness (QED) is 0.563. The van der Waals surface area contributed by atoms with Crippen LogP contribution in [0.1, 0.15) is 21.5 Å². The summed E-state index contributed by atoms with van der Waals surface area (Å²) < 4.78 is 0. The lowest BCUT2D eigenvalue weighted by Crippen LogP contribution is -2.23. The smallest absolute Gasteiger partial charge is 0.323 e. The molecule has 3 N–H and O–H groups in total. The average Bonchev–Trinajstić information content (AvgIpc) is 2.72. The molecule has 3 rings (SSSR count). The Bertz CT molecular complexity index is 1030. The topological polar surface area (TPSA) is 73.5 Å². The van der Waals surface area contributed by atoms with Crippen LogP contribution in [0.25, 0.3) is 0 Å². The SMILES string of the molecule is Cc1cccc(NC(=O)Nc2cccc(CNC(=O)c3ccc(N(C)C)cc3)c2)c1. The number of nitrogens with one attached hydrogen (secondary N) is 3. The van der Waals surface area contributed by atoms with E-state index in [2.05, 4.69) is 16.0 Å². The van der Waals surface area contributed by atoms with Crippen molar-refractivity contribution in [3.05, 3.63) is 89.5 Å². The van der Waals surface area contributed by atoms with Crippen molar-refractivity contribution in [1.29, 1.82) is 0 Å². The number of carbonyl (C=O) groups excluding carboxylic acids is 2. The summed E-state index contributed by atoms with van der Waals surface area (Å²) in [4.78, 5) is 26.6. The van der Waals surface area contributed by atoms with E-state index in [0.717, 1.165) is 22.5 Å². The average molecular weight is 402 g/mol. The highest BCUT2D eigenvalue weighted by atomic mass is 16.2. The molecule has 0 aromatic heterocycles.